The molecule has 0 atom stereocenters. The number of carbonyl (C=O) groups is 2. The Kier molecular flexibility index (Phi) is 4.64. The summed E-state index contributed by atoms with van der Waals surface area (Å²) in [7, 11) is 0. The molecule has 2 fully saturated rings. The number of amides is 2. The number of alkyl halides is 3. The Labute approximate surface area is 158 Å². The SMILES string of the molecule is O=C(Cn1nc(C(F)(F)F)cc1C1CC1)N1CCN(C(=O)c2ccco2)CC1. The van der Waals surface area contributed by atoms with Crippen LogP contribution in [0.2, 0.25) is 0 Å². The molecule has 1 saturated heterocycles. The minimum Gasteiger partial charge on any atom is -0.459 e. The van der Waals surface area contributed by atoms with E-state index < -0.39 is 11.9 Å². The molecular weight excluding hydrogens is 377 g/mol. The molecule has 0 spiro atoms. The standard InChI is InChI=1S/C18H19F3N4O3/c19-18(20,21)15-10-13(12-3-4-12)25(22-15)11-16(26)23-5-7-24(8-6-23)17(27)14-2-1-9-28-14/h1-2,9-10,12H,3-8,11H2. The van der Waals surface area contributed by atoms with Crippen molar-refractivity contribution in [1.29, 1.82) is 0 Å². The molecule has 3 heterocycles. The molecule has 10 heteroatoms. The van der Waals surface area contributed by atoms with Crippen molar-refractivity contribution in [3.8, 4) is 0 Å². The molecule has 0 aromatic carbocycles. The number of piperazine rings is 1. The maximum Gasteiger partial charge on any atom is 0.435 e. The van der Waals surface area contributed by atoms with Crippen LogP contribution in [0.25, 0.3) is 0 Å². The van der Waals surface area contributed by atoms with Crippen LogP contribution in [0.1, 0.15) is 40.7 Å². The molecule has 1 aliphatic heterocycles. The van der Waals surface area contributed by atoms with Gasteiger partial charge in [-0.15, -0.1) is 0 Å². The average molecular weight is 396 g/mol. The van der Waals surface area contributed by atoms with Crippen molar-refractivity contribution in [3.63, 3.8) is 0 Å². The third-order valence-corrected chi connectivity index (χ3v) is 5.03. The van der Waals surface area contributed by atoms with Gasteiger partial charge < -0.3 is 14.2 Å². The van der Waals surface area contributed by atoms with E-state index in [1.165, 1.54) is 10.9 Å². The lowest BCUT2D eigenvalue weighted by Gasteiger charge is -2.34. The smallest absolute Gasteiger partial charge is 0.435 e. The highest BCUT2D eigenvalue weighted by molar-refractivity contribution is 5.91. The van der Waals surface area contributed by atoms with E-state index >= 15 is 0 Å². The van der Waals surface area contributed by atoms with Gasteiger partial charge in [0, 0.05) is 37.8 Å². The Bertz CT molecular complexity index is 863. The number of aromatic nitrogens is 2. The molecule has 0 radical (unpaired) electrons. The van der Waals surface area contributed by atoms with Gasteiger partial charge in [0.15, 0.2) is 11.5 Å². The number of hydrogen-bond donors (Lipinski definition) is 0. The van der Waals surface area contributed by atoms with Crippen molar-refractivity contribution >= 4 is 11.8 Å². The average Bonchev–Trinajstić information content (AvgIpc) is 3.18. The Morgan fingerprint density at radius 2 is 1.82 bits per heavy atom. The van der Waals surface area contributed by atoms with E-state index in [4.69, 9.17) is 4.42 Å². The van der Waals surface area contributed by atoms with Crippen LogP contribution in [0.5, 0.6) is 0 Å². The molecule has 1 aliphatic carbocycles. The van der Waals surface area contributed by atoms with Crippen LogP contribution in [-0.4, -0.2) is 57.6 Å². The Morgan fingerprint density at radius 1 is 1.14 bits per heavy atom. The quantitative estimate of drug-likeness (QED) is 0.796. The van der Waals surface area contributed by atoms with E-state index in [0.29, 0.717) is 31.9 Å². The van der Waals surface area contributed by atoms with Gasteiger partial charge in [-0.2, -0.15) is 18.3 Å². The fourth-order valence-electron chi connectivity index (χ4n) is 3.35. The second-order valence-corrected chi connectivity index (χ2v) is 7.03. The zero-order valence-electron chi connectivity index (χ0n) is 15.0. The van der Waals surface area contributed by atoms with E-state index in [9.17, 15) is 22.8 Å². The van der Waals surface area contributed by atoms with Gasteiger partial charge in [0.05, 0.1) is 6.26 Å². The topological polar surface area (TPSA) is 71.6 Å². The van der Waals surface area contributed by atoms with Crippen LogP contribution < -0.4 is 0 Å². The predicted molar refractivity (Wildman–Crippen MR) is 90.4 cm³/mol. The van der Waals surface area contributed by atoms with Crippen LogP contribution in [0.15, 0.2) is 28.9 Å². The van der Waals surface area contributed by atoms with Crippen LogP contribution in [0.3, 0.4) is 0 Å². The first-order valence-corrected chi connectivity index (χ1v) is 9.08. The van der Waals surface area contributed by atoms with Crippen LogP contribution in [0, 0.1) is 0 Å². The van der Waals surface area contributed by atoms with E-state index in [0.717, 1.165) is 18.9 Å². The molecule has 0 bridgehead atoms. The second-order valence-electron chi connectivity index (χ2n) is 7.03. The lowest BCUT2D eigenvalue weighted by atomic mass is 10.2. The van der Waals surface area contributed by atoms with Gasteiger partial charge in [-0.1, -0.05) is 0 Å². The fourth-order valence-corrected chi connectivity index (χ4v) is 3.35. The summed E-state index contributed by atoms with van der Waals surface area (Å²) in [5, 5.41) is 3.62. The van der Waals surface area contributed by atoms with Gasteiger partial charge in [0.25, 0.3) is 5.91 Å². The summed E-state index contributed by atoms with van der Waals surface area (Å²) in [6.45, 7) is 1.09. The highest BCUT2D eigenvalue weighted by Crippen LogP contribution is 2.42. The molecule has 2 amide bonds. The van der Waals surface area contributed by atoms with Crippen molar-refractivity contribution in [3.05, 3.63) is 41.6 Å². The fraction of sp³-hybridized carbons (Fsp3) is 0.500. The highest BCUT2D eigenvalue weighted by Gasteiger charge is 2.38. The van der Waals surface area contributed by atoms with E-state index in [-0.39, 0.29) is 30.0 Å². The molecule has 7 nitrogen and oxygen atoms in total. The first-order chi connectivity index (χ1) is 13.3. The first-order valence-electron chi connectivity index (χ1n) is 9.08. The van der Waals surface area contributed by atoms with E-state index in [2.05, 4.69) is 5.10 Å². The summed E-state index contributed by atoms with van der Waals surface area (Å²) in [5.41, 5.74) is -0.497. The Balaban J connectivity index is 1.39. The van der Waals surface area contributed by atoms with Crippen molar-refractivity contribution in [2.45, 2.75) is 31.5 Å². The molecule has 2 aliphatic rings. The van der Waals surface area contributed by atoms with E-state index in [1.54, 1.807) is 21.9 Å². The van der Waals surface area contributed by atoms with Crippen molar-refractivity contribution in [2.24, 2.45) is 0 Å². The molecule has 4 rings (SSSR count). The largest absolute Gasteiger partial charge is 0.459 e. The third-order valence-electron chi connectivity index (χ3n) is 5.03. The number of rotatable bonds is 4. The predicted octanol–water partition coefficient (Wildman–Crippen LogP) is 2.36. The minimum absolute atomic E-state index is 0.0409. The number of halogens is 3. The normalized spacial score (nSPS) is 17.8. The zero-order chi connectivity index (χ0) is 19.9. The summed E-state index contributed by atoms with van der Waals surface area (Å²) in [4.78, 5) is 28.0. The maximum absolute atomic E-state index is 13.0. The highest BCUT2D eigenvalue weighted by atomic mass is 19.4. The molecular formula is C18H19F3N4O3. The first kappa shape index (κ1) is 18.6. The van der Waals surface area contributed by atoms with Crippen LogP contribution in [0.4, 0.5) is 13.2 Å². The molecule has 2 aromatic heterocycles. The number of nitrogens with zero attached hydrogens (tertiary/aromatic N) is 4. The van der Waals surface area contributed by atoms with Crippen LogP contribution in [-0.2, 0) is 17.5 Å². The van der Waals surface area contributed by atoms with Gasteiger partial charge in [0.2, 0.25) is 5.91 Å². The summed E-state index contributed by atoms with van der Waals surface area (Å²) in [5.74, 6) is -0.261. The summed E-state index contributed by atoms with van der Waals surface area (Å²) in [6, 6.07) is 4.25. The lowest BCUT2D eigenvalue weighted by Crippen LogP contribution is -2.51. The Morgan fingerprint density at radius 3 is 2.39 bits per heavy atom. The van der Waals surface area contributed by atoms with Gasteiger partial charge in [-0.25, -0.2) is 0 Å². The molecule has 1 saturated carbocycles. The molecule has 150 valence electrons. The maximum atomic E-state index is 13.0. The molecule has 0 unspecified atom stereocenters. The molecule has 0 N–H and O–H groups in total. The third kappa shape index (κ3) is 3.76. The van der Waals surface area contributed by atoms with Gasteiger partial charge in [-0.05, 0) is 31.0 Å². The molecule has 2 aromatic rings. The van der Waals surface area contributed by atoms with Gasteiger partial charge in [-0.3, -0.25) is 14.3 Å². The zero-order valence-corrected chi connectivity index (χ0v) is 15.0. The minimum atomic E-state index is -4.53. The van der Waals surface area contributed by atoms with Crippen molar-refractivity contribution in [1.82, 2.24) is 19.6 Å². The van der Waals surface area contributed by atoms with Crippen molar-refractivity contribution < 1.29 is 27.2 Å². The summed E-state index contributed by atoms with van der Waals surface area (Å²) in [6.07, 6.45) is -1.49. The number of carbonyl (C=O) groups excluding carboxylic acids is 2. The summed E-state index contributed by atoms with van der Waals surface area (Å²) < 4.78 is 45.2. The summed E-state index contributed by atoms with van der Waals surface area (Å²) >= 11 is 0. The Hall–Kier alpha value is -2.78. The second kappa shape index (κ2) is 6.99. The monoisotopic (exact) mass is 396 g/mol. The van der Waals surface area contributed by atoms with Gasteiger partial charge in [0.1, 0.15) is 6.54 Å². The lowest BCUT2D eigenvalue weighted by molar-refractivity contribution is -0.142. The number of furan rings is 1. The van der Waals surface area contributed by atoms with E-state index in [1.807, 2.05) is 0 Å². The van der Waals surface area contributed by atoms with Crippen LogP contribution >= 0.6 is 0 Å². The van der Waals surface area contributed by atoms with Crippen molar-refractivity contribution in [2.75, 3.05) is 26.2 Å². The number of hydrogen-bond acceptors (Lipinski definition) is 4. The molecule has 28 heavy (non-hydrogen) atoms. The van der Waals surface area contributed by atoms with Gasteiger partial charge >= 0.3 is 6.18 Å².